The quantitative estimate of drug-likeness (QED) is 0.847. The number of alkyl halides is 3. The molecular weight excluding hydrogens is 355 g/mol. The third-order valence-electron chi connectivity index (χ3n) is 2.78. The van der Waals surface area contributed by atoms with Crippen molar-refractivity contribution in [3.8, 4) is 5.75 Å². The van der Waals surface area contributed by atoms with Crippen LogP contribution in [0.3, 0.4) is 0 Å². The number of thiazole rings is 1. The second kappa shape index (κ2) is 7.80. The van der Waals surface area contributed by atoms with Gasteiger partial charge in [0, 0.05) is 18.5 Å². The first-order valence-electron chi connectivity index (χ1n) is 6.40. The van der Waals surface area contributed by atoms with E-state index < -0.39 is 6.36 Å². The minimum absolute atomic E-state index is 0. The lowest BCUT2D eigenvalue weighted by Crippen LogP contribution is -2.28. The number of nitrogens with zero attached hydrogens (tertiary/aromatic N) is 1. The molecule has 0 aliphatic heterocycles. The average Bonchev–Trinajstić information content (AvgIpc) is 2.78. The second-order valence-corrected chi connectivity index (χ2v) is 5.67. The van der Waals surface area contributed by atoms with Crippen molar-refractivity contribution in [3.63, 3.8) is 0 Å². The maximum Gasteiger partial charge on any atom is 0.573 e. The number of ether oxygens (including phenoxy) is 1. The predicted molar refractivity (Wildman–Crippen MR) is 85.3 cm³/mol. The van der Waals surface area contributed by atoms with Gasteiger partial charge in [-0.1, -0.05) is 18.3 Å². The van der Waals surface area contributed by atoms with Crippen molar-refractivity contribution in [1.29, 1.82) is 0 Å². The fraction of sp³-hybridized carbons (Fsp3) is 0.385. The Morgan fingerprint density at radius 3 is 2.74 bits per heavy atom. The smallest absolute Gasteiger partial charge is 0.406 e. The van der Waals surface area contributed by atoms with Crippen LogP contribution in [-0.2, 0) is 4.79 Å². The lowest BCUT2D eigenvalue weighted by Gasteiger charge is -2.08. The Balaban J connectivity index is 0.00000264. The normalized spacial score (nSPS) is 12.6. The number of carbonyl (C=O) groups excluding carboxylic acids is 1. The Morgan fingerprint density at radius 1 is 1.43 bits per heavy atom. The summed E-state index contributed by atoms with van der Waals surface area (Å²) in [5.41, 5.74) is 0.496. The van der Waals surface area contributed by atoms with Gasteiger partial charge < -0.3 is 15.4 Å². The van der Waals surface area contributed by atoms with Gasteiger partial charge in [0.25, 0.3) is 0 Å². The summed E-state index contributed by atoms with van der Waals surface area (Å²) in [6, 6.07) is 3.84. The van der Waals surface area contributed by atoms with Gasteiger partial charge in [0.15, 0.2) is 5.13 Å². The first-order chi connectivity index (χ1) is 10.3. The highest BCUT2D eigenvalue weighted by Crippen LogP contribution is 2.31. The highest BCUT2D eigenvalue weighted by Gasteiger charge is 2.31. The highest BCUT2D eigenvalue weighted by molar-refractivity contribution is 7.22. The summed E-state index contributed by atoms with van der Waals surface area (Å²) in [6.07, 6.45) is -4.74. The van der Waals surface area contributed by atoms with Gasteiger partial charge in [-0.25, -0.2) is 4.98 Å². The van der Waals surface area contributed by atoms with Gasteiger partial charge in [-0.2, -0.15) is 0 Å². The summed E-state index contributed by atoms with van der Waals surface area (Å²) >= 11 is 1.09. The fourth-order valence-electron chi connectivity index (χ4n) is 1.78. The molecule has 0 bridgehead atoms. The van der Waals surface area contributed by atoms with Crippen LogP contribution in [0.2, 0.25) is 0 Å². The third-order valence-corrected chi connectivity index (χ3v) is 3.72. The van der Waals surface area contributed by atoms with Gasteiger partial charge in [0.05, 0.1) is 10.2 Å². The first-order valence-corrected chi connectivity index (χ1v) is 7.22. The van der Waals surface area contributed by atoms with Crippen molar-refractivity contribution in [2.45, 2.75) is 13.3 Å². The number of benzene rings is 1. The minimum atomic E-state index is -4.74. The van der Waals surface area contributed by atoms with E-state index >= 15 is 0 Å². The third kappa shape index (κ3) is 5.52. The molecule has 0 saturated heterocycles. The molecule has 1 aromatic heterocycles. The molecule has 1 atom stereocenters. The minimum Gasteiger partial charge on any atom is -0.406 e. The van der Waals surface area contributed by atoms with Crippen molar-refractivity contribution in [2.75, 3.05) is 18.9 Å². The van der Waals surface area contributed by atoms with Crippen molar-refractivity contribution >= 4 is 45.0 Å². The Kier molecular flexibility index (Phi) is 6.60. The van der Waals surface area contributed by atoms with Crippen LogP contribution in [0.5, 0.6) is 5.75 Å². The fourth-order valence-corrected chi connectivity index (χ4v) is 2.68. The molecule has 128 valence electrons. The largest absolute Gasteiger partial charge is 0.573 e. The molecule has 0 radical (unpaired) electrons. The van der Waals surface area contributed by atoms with Crippen LogP contribution in [0.25, 0.3) is 10.2 Å². The topological polar surface area (TPSA) is 63.2 Å². The Bertz CT molecular complexity index is 678. The van der Waals surface area contributed by atoms with Gasteiger partial charge in [0.1, 0.15) is 5.75 Å². The van der Waals surface area contributed by atoms with Gasteiger partial charge in [-0.15, -0.1) is 25.6 Å². The molecule has 0 aliphatic carbocycles. The zero-order valence-corrected chi connectivity index (χ0v) is 13.9. The van der Waals surface area contributed by atoms with E-state index in [1.165, 1.54) is 18.2 Å². The molecule has 0 aliphatic rings. The molecule has 5 nitrogen and oxygen atoms in total. The van der Waals surface area contributed by atoms with Crippen LogP contribution in [0, 0.1) is 5.92 Å². The van der Waals surface area contributed by atoms with Crippen LogP contribution < -0.4 is 15.4 Å². The van der Waals surface area contributed by atoms with E-state index in [2.05, 4.69) is 20.4 Å². The summed E-state index contributed by atoms with van der Waals surface area (Å²) in [5, 5.41) is 5.88. The molecule has 1 amide bonds. The van der Waals surface area contributed by atoms with Crippen LogP contribution >= 0.6 is 23.7 Å². The number of fused-ring (bicyclic) bond motifs is 1. The molecule has 1 unspecified atom stereocenters. The number of nitrogens with one attached hydrogen (secondary N) is 2. The monoisotopic (exact) mass is 369 g/mol. The Morgan fingerprint density at radius 2 is 2.13 bits per heavy atom. The number of hydrogen-bond acceptors (Lipinski definition) is 5. The first kappa shape index (κ1) is 19.5. The molecule has 0 spiro atoms. The van der Waals surface area contributed by atoms with E-state index in [4.69, 9.17) is 0 Å². The Labute approximate surface area is 140 Å². The summed E-state index contributed by atoms with van der Waals surface area (Å²) in [7, 11) is 1.74. The second-order valence-electron chi connectivity index (χ2n) is 4.64. The molecule has 2 aromatic rings. The molecule has 2 N–H and O–H groups in total. The summed E-state index contributed by atoms with van der Waals surface area (Å²) in [6.45, 7) is 2.27. The predicted octanol–water partition coefficient (Wildman–Crippen LogP) is 3.41. The molecule has 0 saturated carbocycles. The van der Waals surface area contributed by atoms with Crippen molar-refractivity contribution in [1.82, 2.24) is 10.3 Å². The average molecular weight is 370 g/mol. The van der Waals surface area contributed by atoms with Crippen LogP contribution in [0.15, 0.2) is 18.2 Å². The SMILES string of the molecule is CNCC(C)C(=O)Nc1nc2ccc(OC(F)(F)F)cc2s1.Cl. The molecular formula is C13H15ClF3N3O2S. The molecule has 2 rings (SSSR count). The van der Waals surface area contributed by atoms with Crippen LogP contribution in [0.4, 0.5) is 18.3 Å². The van der Waals surface area contributed by atoms with Gasteiger partial charge >= 0.3 is 6.36 Å². The van der Waals surface area contributed by atoms with Gasteiger partial charge in [-0.3, -0.25) is 4.79 Å². The molecule has 1 aromatic carbocycles. The number of hydrogen-bond donors (Lipinski definition) is 2. The summed E-state index contributed by atoms with van der Waals surface area (Å²) in [5.74, 6) is -0.772. The van der Waals surface area contributed by atoms with E-state index in [1.54, 1.807) is 14.0 Å². The zero-order valence-electron chi connectivity index (χ0n) is 12.2. The lowest BCUT2D eigenvalue weighted by atomic mass is 10.2. The zero-order chi connectivity index (χ0) is 16.3. The van der Waals surface area contributed by atoms with Crippen LogP contribution in [0.1, 0.15) is 6.92 Å². The maximum absolute atomic E-state index is 12.2. The van der Waals surface area contributed by atoms with Crippen molar-refractivity contribution in [3.05, 3.63) is 18.2 Å². The Hall–Kier alpha value is -1.58. The van der Waals surface area contributed by atoms with E-state index in [9.17, 15) is 18.0 Å². The molecule has 1 heterocycles. The maximum atomic E-state index is 12.2. The number of aromatic nitrogens is 1. The van der Waals surface area contributed by atoms with E-state index in [0.717, 1.165) is 11.3 Å². The number of anilines is 1. The highest BCUT2D eigenvalue weighted by atomic mass is 35.5. The van der Waals surface area contributed by atoms with Crippen molar-refractivity contribution < 1.29 is 22.7 Å². The summed E-state index contributed by atoms with van der Waals surface area (Å²) < 4.78 is 40.9. The lowest BCUT2D eigenvalue weighted by molar-refractivity contribution is -0.274. The molecule has 10 heteroatoms. The number of rotatable bonds is 5. The number of carbonyl (C=O) groups is 1. The molecule has 0 fully saturated rings. The number of amides is 1. The van der Waals surface area contributed by atoms with E-state index in [-0.39, 0.29) is 30.0 Å². The van der Waals surface area contributed by atoms with E-state index in [1.807, 2.05) is 0 Å². The van der Waals surface area contributed by atoms with Gasteiger partial charge in [0.2, 0.25) is 5.91 Å². The summed E-state index contributed by atoms with van der Waals surface area (Å²) in [4.78, 5) is 16.0. The number of halogens is 4. The van der Waals surface area contributed by atoms with Crippen LogP contribution in [-0.4, -0.2) is 30.8 Å². The van der Waals surface area contributed by atoms with Gasteiger partial charge in [-0.05, 0) is 19.2 Å². The van der Waals surface area contributed by atoms with E-state index in [0.29, 0.717) is 21.9 Å². The van der Waals surface area contributed by atoms with Crippen molar-refractivity contribution in [2.24, 2.45) is 5.92 Å². The standard InChI is InChI=1S/C13H14F3N3O2S.ClH/c1-7(6-17-2)11(20)19-12-18-9-4-3-8(5-10(9)22-12)21-13(14,15)16;/h3-5,7,17H,6H2,1-2H3,(H,18,19,20);1H. The molecule has 23 heavy (non-hydrogen) atoms.